The number of aryl methyl sites for hydroxylation is 2. The number of hydrogen-bond acceptors (Lipinski definition) is 4. The maximum atomic E-state index is 11.9. The molecule has 0 fully saturated rings. The van der Waals surface area contributed by atoms with Crippen LogP contribution in [0.4, 0.5) is 0 Å². The second kappa shape index (κ2) is 7.28. The zero-order chi connectivity index (χ0) is 20.7. The van der Waals surface area contributed by atoms with Crippen molar-refractivity contribution in [1.82, 2.24) is 9.78 Å². The lowest BCUT2D eigenvalue weighted by atomic mass is 9.88. The van der Waals surface area contributed by atoms with Crippen molar-refractivity contribution < 1.29 is 19.4 Å². The number of aromatic nitrogens is 2. The summed E-state index contributed by atoms with van der Waals surface area (Å²) in [5, 5.41) is 14.3. The van der Waals surface area contributed by atoms with Gasteiger partial charge >= 0.3 is 5.97 Å². The van der Waals surface area contributed by atoms with E-state index in [9.17, 15) is 9.90 Å². The van der Waals surface area contributed by atoms with E-state index < -0.39 is 5.97 Å². The van der Waals surface area contributed by atoms with E-state index in [1.807, 2.05) is 57.2 Å². The highest BCUT2D eigenvalue weighted by Gasteiger charge is 2.30. The molecule has 1 heterocycles. The largest absolute Gasteiger partial charge is 0.493 e. The van der Waals surface area contributed by atoms with E-state index in [1.165, 1.54) is 0 Å². The summed E-state index contributed by atoms with van der Waals surface area (Å²) in [6, 6.07) is 11.8. The molecule has 2 aromatic carbocycles. The molecular weight excluding hydrogens is 368 g/mol. The number of hydrogen-bond donors (Lipinski definition) is 1. The van der Waals surface area contributed by atoms with Crippen LogP contribution >= 0.6 is 0 Å². The van der Waals surface area contributed by atoms with Gasteiger partial charge in [-0.05, 0) is 62.9 Å². The molecule has 1 aliphatic rings. The van der Waals surface area contributed by atoms with Gasteiger partial charge in [-0.2, -0.15) is 5.10 Å². The lowest BCUT2D eigenvalue weighted by Gasteiger charge is -2.22. The average Bonchev–Trinajstić information content (AvgIpc) is 3.07. The Hall–Kier alpha value is -3.28. The quantitative estimate of drug-likeness (QED) is 0.695. The number of para-hydroxylation sites is 1. The number of benzene rings is 2. The topological polar surface area (TPSA) is 73.6 Å². The van der Waals surface area contributed by atoms with Gasteiger partial charge < -0.3 is 14.6 Å². The average molecular weight is 392 g/mol. The molecule has 4 rings (SSSR count). The third kappa shape index (κ3) is 3.24. The summed E-state index contributed by atoms with van der Waals surface area (Å²) in [5.41, 5.74) is 5.60. The van der Waals surface area contributed by atoms with Crippen LogP contribution in [-0.4, -0.2) is 34.1 Å². The van der Waals surface area contributed by atoms with E-state index in [2.05, 4.69) is 5.10 Å². The van der Waals surface area contributed by atoms with E-state index >= 15 is 0 Å². The Morgan fingerprint density at radius 3 is 2.59 bits per heavy atom. The smallest absolute Gasteiger partial charge is 0.356 e. The van der Waals surface area contributed by atoms with Crippen LogP contribution in [-0.2, 0) is 12.8 Å². The maximum Gasteiger partial charge on any atom is 0.356 e. The summed E-state index contributed by atoms with van der Waals surface area (Å²) < 4.78 is 13.3. The highest BCUT2D eigenvalue weighted by Crippen LogP contribution is 2.43. The Labute approximate surface area is 169 Å². The van der Waals surface area contributed by atoms with E-state index in [0.717, 1.165) is 40.1 Å². The van der Waals surface area contributed by atoms with Crippen LogP contribution in [0.5, 0.6) is 11.5 Å². The Morgan fingerprint density at radius 2 is 1.93 bits per heavy atom. The molecule has 0 radical (unpaired) electrons. The predicted octanol–water partition coefficient (Wildman–Crippen LogP) is 4.44. The first-order valence-electron chi connectivity index (χ1n) is 9.69. The van der Waals surface area contributed by atoms with E-state index in [0.29, 0.717) is 17.9 Å². The molecule has 0 saturated heterocycles. The van der Waals surface area contributed by atoms with Gasteiger partial charge in [0.1, 0.15) is 0 Å². The van der Waals surface area contributed by atoms with E-state index in [-0.39, 0.29) is 11.8 Å². The van der Waals surface area contributed by atoms with E-state index in [1.54, 1.807) is 11.8 Å². The van der Waals surface area contributed by atoms with Gasteiger partial charge in [0.25, 0.3) is 0 Å². The summed E-state index contributed by atoms with van der Waals surface area (Å²) in [6.45, 7) is 5.92. The number of carboxylic acid groups (broad SMARTS) is 1. The molecule has 29 heavy (non-hydrogen) atoms. The summed E-state index contributed by atoms with van der Waals surface area (Å²) in [5.74, 6) is 0.314. The van der Waals surface area contributed by atoms with Crippen LogP contribution in [0.1, 0.15) is 41.0 Å². The molecule has 0 unspecified atom stereocenters. The fraction of sp³-hybridized carbons (Fsp3) is 0.304. The molecule has 0 bridgehead atoms. The Bertz CT molecular complexity index is 1100. The molecule has 6 heteroatoms. The number of rotatable bonds is 5. The maximum absolute atomic E-state index is 11.9. The first-order chi connectivity index (χ1) is 13.9. The molecular formula is C23H24N2O4. The number of nitrogens with zero attached hydrogens (tertiary/aromatic N) is 2. The molecule has 0 spiro atoms. The minimum Gasteiger partial charge on any atom is -0.493 e. The Balaban J connectivity index is 2.00. The van der Waals surface area contributed by atoms with Gasteiger partial charge in [-0.25, -0.2) is 9.48 Å². The molecule has 0 atom stereocenters. The normalized spacial score (nSPS) is 12.4. The number of fused-ring (bicyclic) bond motifs is 3. The zero-order valence-electron chi connectivity index (χ0n) is 17.0. The minimum absolute atomic E-state index is 0.0131. The number of methoxy groups -OCH3 is 1. The predicted molar refractivity (Wildman–Crippen MR) is 110 cm³/mol. The van der Waals surface area contributed by atoms with Gasteiger partial charge in [-0.15, -0.1) is 0 Å². The van der Waals surface area contributed by atoms with Crippen LogP contribution in [0.2, 0.25) is 0 Å². The summed E-state index contributed by atoms with van der Waals surface area (Å²) in [7, 11) is 1.63. The summed E-state index contributed by atoms with van der Waals surface area (Å²) in [6.07, 6.45) is 1.32. The molecule has 0 saturated carbocycles. The van der Waals surface area contributed by atoms with Crippen molar-refractivity contribution in [2.75, 3.05) is 7.11 Å². The van der Waals surface area contributed by atoms with Gasteiger partial charge in [-0.1, -0.05) is 18.2 Å². The Kier molecular flexibility index (Phi) is 4.78. The molecule has 6 nitrogen and oxygen atoms in total. The summed E-state index contributed by atoms with van der Waals surface area (Å²) in [4.78, 5) is 11.9. The van der Waals surface area contributed by atoms with Crippen molar-refractivity contribution in [3.63, 3.8) is 0 Å². The van der Waals surface area contributed by atoms with Crippen LogP contribution in [0, 0.1) is 6.92 Å². The van der Waals surface area contributed by atoms with Crippen molar-refractivity contribution in [2.24, 2.45) is 0 Å². The standard InChI is InChI=1S/C23H24N2O4/c1-13(2)29-20-12-17-15(11-19(20)28-4)9-10-16-21(23(26)27)24-25(22(16)17)18-8-6-5-7-14(18)3/h5-8,11-13H,9-10H2,1-4H3,(H,26,27). The highest BCUT2D eigenvalue weighted by molar-refractivity contribution is 5.91. The Morgan fingerprint density at radius 1 is 1.17 bits per heavy atom. The van der Waals surface area contributed by atoms with Crippen molar-refractivity contribution >= 4 is 5.97 Å². The fourth-order valence-electron chi connectivity index (χ4n) is 3.91. The third-order valence-electron chi connectivity index (χ3n) is 5.18. The molecule has 0 amide bonds. The van der Waals surface area contributed by atoms with Crippen molar-refractivity contribution in [2.45, 2.75) is 39.7 Å². The monoisotopic (exact) mass is 392 g/mol. The van der Waals surface area contributed by atoms with Crippen molar-refractivity contribution in [3.05, 3.63) is 58.8 Å². The molecule has 1 N–H and O–H groups in total. The molecule has 1 aliphatic carbocycles. The molecule has 150 valence electrons. The highest BCUT2D eigenvalue weighted by atomic mass is 16.5. The van der Waals surface area contributed by atoms with Gasteiger partial charge in [0.2, 0.25) is 0 Å². The molecule has 3 aromatic rings. The summed E-state index contributed by atoms with van der Waals surface area (Å²) >= 11 is 0. The van der Waals surface area contributed by atoms with Crippen LogP contribution < -0.4 is 9.47 Å². The zero-order valence-corrected chi connectivity index (χ0v) is 17.0. The first kappa shape index (κ1) is 19.1. The van der Waals surface area contributed by atoms with Gasteiger partial charge in [0, 0.05) is 11.1 Å². The van der Waals surface area contributed by atoms with Crippen molar-refractivity contribution in [1.29, 1.82) is 0 Å². The number of carbonyl (C=O) groups is 1. The number of ether oxygens (including phenoxy) is 2. The van der Waals surface area contributed by atoms with Crippen LogP contribution in [0.3, 0.4) is 0 Å². The van der Waals surface area contributed by atoms with Gasteiger partial charge in [0.05, 0.1) is 24.6 Å². The second-order valence-corrected chi connectivity index (χ2v) is 7.51. The lowest BCUT2D eigenvalue weighted by molar-refractivity contribution is 0.0688. The van der Waals surface area contributed by atoms with Gasteiger partial charge in [-0.3, -0.25) is 0 Å². The lowest BCUT2D eigenvalue weighted by Crippen LogP contribution is -2.11. The molecule has 1 aromatic heterocycles. The van der Waals surface area contributed by atoms with E-state index in [4.69, 9.17) is 9.47 Å². The first-order valence-corrected chi connectivity index (χ1v) is 9.69. The second-order valence-electron chi connectivity index (χ2n) is 7.51. The third-order valence-corrected chi connectivity index (χ3v) is 5.18. The van der Waals surface area contributed by atoms with Crippen molar-refractivity contribution in [3.8, 4) is 28.4 Å². The molecule has 0 aliphatic heterocycles. The number of carboxylic acids is 1. The van der Waals surface area contributed by atoms with Gasteiger partial charge in [0.15, 0.2) is 17.2 Å². The number of aromatic carboxylic acids is 1. The van der Waals surface area contributed by atoms with Crippen LogP contribution in [0.25, 0.3) is 16.9 Å². The van der Waals surface area contributed by atoms with Crippen LogP contribution in [0.15, 0.2) is 36.4 Å². The minimum atomic E-state index is -1.01. The fourth-order valence-corrected chi connectivity index (χ4v) is 3.91. The SMILES string of the molecule is COc1cc2c(cc1OC(C)C)-c1c(c(C(=O)O)nn1-c1ccccc1C)CC2.